The molecule has 3 rings (SSSR count). The summed E-state index contributed by atoms with van der Waals surface area (Å²) < 4.78 is 43.3. The van der Waals surface area contributed by atoms with E-state index in [9.17, 15) is 13.2 Å². The maximum Gasteiger partial charge on any atom is 0.264 e. The van der Waals surface area contributed by atoms with Crippen LogP contribution in [0.2, 0.25) is 5.02 Å². The molecule has 1 amide bonds. The van der Waals surface area contributed by atoms with Crippen LogP contribution in [0.5, 0.6) is 17.2 Å². The summed E-state index contributed by atoms with van der Waals surface area (Å²) in [5, 5.41) is 4.36. The highest BCUT2D eigenvalue weighted by Gasteiger charge is 2.27. The molecular weight excluding hydrogens is 494 g/mol. The van der Waals surface area contributed by atoms with E-state index in [2.05, 4.69) is 10.5 Å². The first-order chi connectivity index (χ1) is 16.8. The van der Waals surface area contributed by atoms with Crippen molar-refractivity contribution in [2.24, 2.45) is 5.10 Å². The topological polar surface area (TPSA) is 107 Å². The lowest BCUT2D eigenvalue weighted by molar-refractivity contribution is -0.119. The summed E-state index contributed by atoms with van der Waals surface area (Å²) in [6.45, 7) is -0.515. The molecule has 0 spiro atoms. The number of hydrogen-bond acceptors (Lipinski definition) is 7. The van der Waals surface area contributed by atoms with E-state index in [1.807, 2.05) is 0 Å². The monoisotopic (exact) mass is 517 g/mol. The summed E-state index contributed by atoms with van der Waals surface area (Å²) in [5.74, 6) is 0.913. The molecule has 0 unspecified atom stereocenters. The zero-order chi connectivity index (χ0) is 25.4. The van der Waals surface area contributed by atoms with Gasteiger partial charge in [0.1, 0.15) is 12.3 Å². The third-order valence-corrected chi connectivity index (χ3v) is 6.90. The number of anilines is 1. The van der Waals surface area contributed by atoms with Crippen LogP contribution in [0.3, 0.4) is 0 Å². The van der Waals surface area contributed by atoms with E-state index < -0.39 is 22.5 Å². The average Bonchev–Trinajstić information content (AvgIpc) is 2.87. The standard InChI is InChI=1S/C24H24ClN3O6S/c1-32-20-9-11-21(12-10-20)35(30,31)28(19-7-5-18(25)6-8-19)16-24(29)27-26-15-17-4-13-22(33-2)23(14-17)34-3/h4-15H,16H2,1-3H3,(H,27,29)/b26-15-. The molecule has 0 saturated carbocycles. The number of amides is 1. The lowest BCUT2D eigenvalue weighted by Gasteiger charge is -2.23. The predicted molar refractivity (Wildman–Crippen MR) is 134 cm³/mol. The fourth-order valence-corrected chi connectivity index (χ4v) is 4.62. The molecule has 9 nitrogen and oxygen atoms in total. The van der Waals surface area contributed by atoms with Crippen LogP contribution in [0.1, 0.15) is 5.56 Å². The molecule has 0 aliphatic heterocycles. The van der Waals surface area contributed by atoms with E-state index in [1.165, 1.54) is 63.9 Å². The van der Waals surface area contributed by atoms with Gasteiger partial charge in [0.15, 0.2) is 11.5 Å². The van der Waals surface area contributed by atoms with Crippen LogP contribution in [-0.2, 0) is 14.8 Å². The number of sulfonamides is 1. The highest BCUT2D eigenvalue weighted by Crippen LogP contribution is 2.27. The summed E-state index contributed by atoms with van der Waals surface area (Å²) in [5.41, 5.74) is 3.27. The fourth-order valence-electron chi connectivity index (χ4n) is 3.08. The first-order valence-corrected chi connectivity index (χ1v) is 12.1. The van der Waals surface area contributed by atoms with Gasteiger partial charge in [0.2, 0.25) is 0 Å². The van der Waals surface area contributed by atoms with Crippen LogP contribution in [0.15, 0.2) is 76.7 Å². The van der Waals surface area contributed by atoms with Crippen LogP contribution in [0, 0.1) is 0 Å². The molecule has 3 aromatic carbocycles. The Hall–Kier alpha value is -3.76. The van der Waals surface area contributed by atoms with Crippen molar-refractivity contribution in [3.8, 4) is 17.2 Å². The molecule has 1 N–H and O–H groups in total. The molecule has 0 aliphatic carbocycles. The van der Waals surface area contributed by atoms with Gasteiger partial charge in [-0.25, -0.2) is 13.8 Å². The van der Waals surface area contributed by atoms with E-state index in [4.69, 9.17) is 25.8 Å². The Morgan fingerprint density at radius 2 is 1.60 bits per heavy atom. The van der Waals surface area contributed by atoms with Crippen molar-refractivity contribution in [3.63, 3.8) is 0 Å². The van der Waals surface area contributed by atoms with Gasteiger partial charge in [0, 0.05) is 5.02 Å². The lowest BCUT2D eigenvalue weighted by atomic mass is 10.2. The van der Waals surface area contributed by atoms with Gasteiger partial charge in [-0.3, -0.25) is 9.10 Å². The number of benzene rings is 3. The van der Waals surface area contributed by atoms with Crippen LogP contribution >= 0.6 is 11.6 Å². The Labute approximate surface area is 208 Å². The highest BCUT2D eigenvalue weighted by atomic mass is 35.5. The predicted octanol–water partition coefficient (Wildman–Crippen LogP) is 3.71. The van der Waals surface area contributed by atoms with Crippen LogP contribution in [0.4, 0.5) is 5.69 Å². The minimum absolute atomic E-state index is 0.00474. The van der Waals surface area contributed by atoms with Crippen molar-refractivity contribution in [1.82, 2.24) is 5.43 Å². The third kappa shape index (κ3) is 6.43. The molecule has 0 radical (unpaired) electrons. The van der Waals surface area contributed by atoms with Crippen LogP contribution < -0.4 is 23.9 Å². The van der Waals surface area contributed by atoms with Gasteiger partial charge in [-0.2, -0.15) is 5.10 Å². The van der Waals surface area contributed by atoms with E-state index in [0.717, 1.165) is 4.31 Å². The molecule has 0 heterocycles. The maximum atomic E-state index is 13.4. The number of rotatable bonds is 10. The number of methoxy groups -OCH3 is 3. The molecule has 0 bridgehead atoms. The van der Waals surface area contributed by atoms with Gasteiger partial charge in [0.05, 0.1) is 38.1 Å². The molecule has 184 valence electrons. The smallest absolute Gasteiger partial charge is 0.264 e. The van der Waals surface area contributed by atoms with Crippen LogP contribution in [-0.4, -0.2) is 48.4 Å². The number of nitrogens with one attached hydrogen (secondary N) is 1. The minimum Gasteiger partial charge on any atom is -0.497 e. The van der Waals surface area contributed by atoms with Gasteiger partial charge in [-0.1, -0.05) is 11.6 Å². The molecule has 35 heavy (non-hydrogen) atoms. The summed E-state index contributed by atoms with van der Waals surface area (Å²) in [4.78, 5) is 12.7. The zero-order valence-electron chi connectivity index (χ0n) is 19.3. The van der Waals surface area contributed by atoms with E-state index in [1.54, 1.807) is 30.3 Å². The Morgan fingerprint density at radius 3 is 2.20 bits per heavy atom. The molecule has 11 heteroatoms. The summed E-state index contributed by atoms with van der Waals surface area (Å²) in [6, 6.07) is 17.1. The van der Waals surface area contributed by atoms with Crippen molar-refractivity contribution in [2.75, 3.05) is 32.2 Å². The maximum absolute atomic E-state index is 13.4. The number of hydrogen-bond donors (Lipinski definition) is 1. The van der Waals surface area contributed by atoms with Crippen molar-refractivity contribution in [3.05, 3.63) is 77.3 Å². The number of ether oxygens (including phenoxy) is 3. The second kappa shape index (κ2) is 11.6. The Balaban J connectivity index is 1.81. The number of carbonyl (C=O) groups is 1. The van der Waals surface area contributed by atoms with Gasteiger partial charge in [-0.15, -0.1) is 0 Å². The molecular formula is C24H24ClN3O6S. The van der Waals surface area contributed by atoms with E-state index in [0.29, 0.717) is 27.8 Å². The molecule has 3 aromatic rings. The first-order valence-electron chi connectivity index (χ1n) is 10.2. The molecule has 0 saturated heterocycles. The number of halogens is 1. The number of hydrazone groups is 1. The zero-order valence-corrected chi connectivity index (χ0v) is 20.8. The normalized spacial score (nSPS) is 11.2. The second-order valence-corrected chi connectivity index (χ2v) is 9.37. The lowest BCUT2D eigenvalue weighted by Crippen LogP contribution is -2.39. The minimum atomic E-state index is -4.09. The van der Waals surface area contributed by atoms with E-state index in [-0.39, 0.29) is 10.6 Å². The van der Waals surface area contributed by atoms with Gasteiger partial charge < -0.3 is 14.2 Å². The first kappa shape index (κ1) is 25.9. The largest absolute Gasteiger partial charge is 0.497 e. The number of nitrogens with zero attached hydrogens (tertiary/aromatic N) is 2. The Kier molecular flexibility index (Phi) is 8.56. The summed E-state index contributed by atoms with van der Waals surface area (Å²) in [7, 11) is 0.428. The van der Waals surface area contributed by atoms with Crippen molar-refractivity contribution < 1.29 is 27.4 Å². The van der Waals surface area contributed by atoms with Crippen molar-refractivity contribution in [1.29, 1.82) is 0 Å². The Morgan fingerprint density at radius 1 is 0.943 bits per heavy atom. The average molecular weight is 518 g/mol. The third-order valence-electron chi connectivity index (χ3n) is 4.86. The molecule has 0 atom stereocenters. The van der Waals surface area contributed by atoms with Gasteiger partial charge in [0.25, 0.3) is 15.9 Å². The highest BCUT2D eigenvalue weighted by molar-refractivity contribution is 7.92. The quantitative estimate of drug-likeness (QED) is 0.324. The number of carbonyl (C=O) groups excluding carboxylic acids is 1. The van der Waals surface area contributed by atoms with Gasteiger partial charge in [-0.05, 0) is 72.3 Å². The fraction of sp³-hybridized carbons (Fsp3) is 0.167. The van der Waals surface area contributed by atoms with Gasteiger partial charge >= 0.3 is 0 Å². The van der Waals surface area contributed by atoms with Crippen molar-refractivity contribution >= 4 is 39.4 Å². The second-order valence-electron chi connectivity index (χ2n) is 7.07. The molecule has 0 aromatic heterocycles. The Bertz CT molecular complexity index is 1300. The molecule has 0 fully saturated rings. The van der Waals surface area contributed by atoms with Crippen LogP contribution in [0.25, 0.3) is 0 Å². The SMILES string of the molecule is COc1ccc(S(=O)(=O)N(CC(=O)N/N=C\c2ccc(OC)c(OC)c2)c2ccc(Cl)cc2)cc1. The molecule has 0 aliphatic rings. The van der Waals surface area contributed by atoms with Crippen molar-refractivity contribution in [2.45, 2.75) is 4.90 Å². The van der Waals surface area contributed by atoms with E-state index >= 15 is 0 Å². The summed E-state index contributed by atoms with van der Waals surface area (Å²) in [6.07, 6.45) is 1.41. The summed E-state index contributed by atoms with van der Waals surface area (Å²) >= 11 is 5.96.